The third-order valence-corrected chi connectivity index (χ3v) is 2.94. The van der Waals surface area contributed by atoms with Crippen molar-refractivity contribution in [2.45, 2.75) is 40.5 Å². The Kier molecular flexibility index (Phi) is 4.38. The summed E-state index contributed by atoms with van der Waals surface area (Å²) in [6.45, 7) is 8.41. The molecule has 17 heavy (non-hydrogen) atoms. The molecule has 0 fully saturated rings. The first-order valence-corrected chi connectivity index (χ1v) is 6.05. The lowest BCUT2D eigenvalue weighted by Crippen LogP contribution is -2.27. The lowest BCUT2D eigenvalue weighted by atomic mass is 9.78. The number of rotatable bonds is 5. The number of carboxylic acids is 1. The van der Waals surface area contributed by atoms with Gasteiger partial charge in [0.1, 0.15) is 5.76 Å². The second kappa shape index (κ2) is 5.39. The van der Waals surface area contributed by atoms with Crippen molar-refractivity contribution < 1.29 is 14.3 Å². The van der Waals surface area contributed by atoms with Crippen molar-refractivity contribution in [3.05, 3.63) is 24.2 Å². The summed E-state index contributed by atoms with van der Waals surface area (Å²) in [4.78, 5) is 11.3. The molecule has 2 unspecified atom stereocenters. The third-order valence-electron chi connectivity index (χ3n) is 2.94. The van der Waals surface area contributed by atoms with E-state index in [0.29, 0.717) is 6.42 Å². The minimum Gasteiger partial charge on any atom is -0.481 e. The number of hydrogen-bond acceptors (Lipinski definition) is 2. The van der Waals surface area contributed by atoms with Gasteiger partial charge in [-0.3, -0.25) is 4.79 Å². The van der Waals surface area contributed by atoms with Gasteiger partial charge in [-0.2, -0.15) is 0 Å². The van der Waals surface area contributed by atoms with Crippen LogP contribution in [0.5, 0.6) is 0 Å². The smallest absolute Gasteiger partial charge is 0.307 e. The first-order valence-electron chi connectivity index (χ1n) is 6.05. The van der Waals surface area contributed by atoms with Gasteiger partial charge < -0.3 is 9.52 Å². The van der Waals surface area contributed by atoms with E-state index < -0.39 is 5.97 Å². The highest BCUT2D eigenvalue weighted by molar-refractivity contribution is 5.70. The molecule has 0 aromatic carbocycles. The molecule has 0 saturated carbocycles. The Morgan fingerprint density at radius 1 is 1.47 bits per heavy atom. The van der Waals surface area contributed by atoms with E-state index in [1.165, 1.54) is 0 Å². The lowest BCUT2D eigenvalue weighted by Gasteiger charge is -2.27. The molecule has 0 spiro atoms. The van der Waals surface area contributed by atoms with Crippen LogP contribution >= 0.6 is 0 Å². The fourth-order valence-corrected chi connectivity index (χ4v) is 2.29. The zero-order valence-corrected chi connectivity index (χ0v) is 11.1. The van der Waals surface area contributed by atoms with Crippen LogP contribution in [0.15, 0.2) is 22.8 Å². The summed E-state index contributed by atoms with van der Waals surface area (Å²) in [6.07, 6.45) is 2.95. The molecule has 0 aliphatic carbocycles. The molecular formula is C14H22O3. The van der Waals surface area contributed by atoms with E-state index in [1.54, 1.807) is 12.3 Å². The van der Waals surface area contributed by atoms with Crippen LogP contribution in [0.25, 0.3) is 0 Å². The quantitative estimate of drug-likeness (QED) is 0.852. The maximum atomic E-state index is 11.3. The zero-order valence-electron chi connectivity index (χ0n) is 11.1. The highest BCUT2D eigenvalue weighted by atomic mass is 16.4. The topological polar surface area (TPSA) is 50.4 Å². The molecule has 0 aliphatic heterocycles. The van der Waals surface area contributed by atoms with Gasteiger partial charge in [0, 0.05) is 6.42 Å². The standard InChI is InChI=1S/C14H22O3/c1-10(9-14(2,3)4)12(13(15)16)8-11-6-5-7-17-11/h5-7,10,12H,8-9H2,1-4H3,(H,15,16). The highest BCUT2D eigenvalue weighted by Gasteiger charge is 2.29. The molecule has 1 aromatic heterocycles. The molecule has 0 bridgehead atoms. The van der Waals surface area contributed by atoms with Gasteiger partial charge >= 0.3 is 5.97 Å². The van der Waals surface area contributed by atoms with Crippen LogP contribution in [0.1, 0.15) is 39.9 Å². The van der Waals surface area contributed by atoms with Crippen LogP contribution in [0.3, 0.4) is 0 Å². The van der Waals surface area contributed by atoms with Gasteiger partial charge in [0.25, 0.3) is 0 Å². The van der Waals surface area contributed by atoms with Crippen LogP contribution < -0.4 is 0 Å². The molecule has 1 rings (SSSR count). The van der Waals surface area contributed by atoms with Crippen LogP contribution in [0, 0.1) is 17.3 Å². The van der Waals surface area contributed by atoms with E-state index in [2.05, 4.69) is 20.8 Å². The Labute approximate surface area is 103 Å². The van der Waals surface area contributed by atoms with Crippen LogP contribution in [0.4, 0.5) is 0 Å². The van der Waals surface area contributed by atoms with E-state index >= 15 is 0 Å². The van der Waals surface area contributed by atoms with Gasteiger partial charge in [-0.1, -0.05) is 27.7 Å². The van der Waals surface area contributed by atoms with E-state index in [-0.39, 0.29) is 17.3 Å². The van der Waals surface area contributed by atoms with Crippen molar-refractivity contribution in [3.63, 3.8) is 0 Å². The van der Waals surface area contributed by atoms with Crippen LogP contribution in [-0.4, -0.2) is 11.1 Å². The number of aliphatic carboxylic acids is 1. The Balaban J connectivity index is 2.69. The minimum atomic E-state index is -0.738. The van der Waals surface area contributed by atoms with Gasteiger partial charge in [-0.25, -0.2) is 0 Å². The Morgan fingerprint density at radius 3 is 2.53 bits per heavy atom. The monoisotopic (exact) mass is 238 g/mol. The maximum Gasteiger partial charge on any atom is 0.307 e. The maximum absolute atomic E-state index is 11.3. The largest absolute Gasteiger partial charge is 0.481 e. The Morgan fingerprint density at radius 2 is 2.12 bits per heavy atom. The van der Waals surface area contributed by atoms with Gasteiger partial charge in [0.15, 0.2) is 0 Å². The predicted octanol–water partition coefficient (Wildman–Crippen LogP) is 3.60. The van der Waals surface area contributed by atoms with Crippen molar-refractivity contribution in [1.29, 1.82) is 0 Å². The average Bonchev–Trinajstić information content (AvgIpc) is 2.62. The van der Waals surface area contributed by atoms with Crippen molar-refractivity contribution in [2.24, 2.45) is 17.3 Å². The first-order chi connectivity index (χ1) is 7.79. The van der Waals surface area contributed by atoms with Gasteiger partial charge in [0.05, 0.1) is 12.2 Å². The van der Waals surface area contributed by atoms with E-state index in [0.717, 1.165) is 12.2 Å². The van der Waals surface area contributed by atoms with Crippen molar-refractivity contribution in [1.82, 2.24) is 0 Å². The van der Waals surface area contributed by atoms with Crippen LogP contribution in [0.2, 0.25) is 0 Å². The van der Waals surface area contributed by atoms with Gasteiger partial charge in [-0.15, -0.1) is 0 Å². The van der Waals surface area contributed by atoms with Crippen molar-refractivity contribution in [3.8, 4) is 0 Å². The molecule has 1 aromatic rings. The number of furan rings is 1. The Bertz CT molecular complexity index is 346. The number of hydrogen-bond donors (Lipinski definition) is 1. The first kappa shape index (κ1) is 13.8. The Hall–Kier alpha value is -1.25. The molecule has 0 amide bonds. The summed E-state index contributed by atoms with van der Waals surface area (Å²) in [5, 5.41) is 9.30. The molecule has 1 N–H and O–H groups in total. The average molecular weight is 238 g/mol. The summed E-state index contributed by atoms with van der Waals surface area (Å²) in [6, 6.07) is 3.63. The normalized spacial score (nSPS) is 15.5. The second-order valence-electron chi connectivity index (χ2n) is 5.97. The summed E-state index contributed by atoms with van der Waals surface area (Å²) in [7, 11) is 0. The molecule has 0 radical (unpaired) electrons. The SMILES string of the molecule is CC(CC(C)(C)C)C(Cc1ccco1)C(=O)O. The molecule has 3 heteroatoms. The summed E-state index contributed by atoms with van der Waals surface area (Å²) in [5.74, 6) is -0.228. The van der Waals surface area contributed by atoms with Crippen molar-refractivity contribution >= 4 is 5.97 Å². The second-order valence-corrected chi connectivity index (χ2v) is 5.97. The van der Waals surface area contributed by atoms with E-state index in [4.69, 9.17) is 4.42 Å². The van der Waals surface area contributed by atoms with Gasteiger partial charge in [-0.05, 0) is 29.9 Å². The molecule has 96 valence electrons. The van der Waals surface area contributed by atoms with E-state index in [1.807, 2.05) is 13.0 Å². The fraction of sp³-hybridized carbons (Fsp3) is 0.643. The molecule has 1 heterocycles. The summed E-state index contributed by atoms with van der Waals surface area (Å²) < 4.78 is 5.23. The summed E-state index contributed by atoms with van der Waals surface area (Å²) in [5.41, 5.74) is 0.149. The molecule has 3 nitrogen and oxygen atoms in total. The lowest BCUT2D eigenvalue weighted by molar-refractivity contribution is -0.143. The zero-order chi connectivity index (χ0) is 13.1. The predicted molar refractivity (Wildman–Crippen MR) is 66.8 cm³/mol. The summed E-state index contributed by atoms with van der Waals surface area (Å²) >= 11 is 0. The van der Waals surface area contributed by atoms with E-state index in [9.17, 15) is 9.90 Å². The molecular weight excluding hydrogens is 216 g/mol. The highest BCUT2D eigenvalue weighted by Crippen LogP contribution is 2.30. The molecule has 0 aliphatic rings. The molecule has 2 atom stereocenters. The minimum absolute atomic E-state index is 0.137. The van der Waals surface area contributed by atoms with Crippen molar-refractivity contribution in [2.75, 3.05) is 0 Å². The third kappa shape index (κ3) is 4.63. The van der Waals surface area contributed by atoms with Crippen LogP contribution in [-0.2, 0) is 11.2 Å². The number of carbonyl (C=O) groups is 1. The fourth-order valence-electron chi connectivity index (χ4n) is 2.29. The van der Waals surface area contributed by atoms with Gasteiger partial charge in [0.2, 0.25) is 0 Å². The number of carboxylic acid groups (broad SMARTS) is 1. The molecule has 0 saturated heterocycles.